The van der Waals surface area contributed by atoms with Crippen LogP contribution in [0.15, 0.2) is 504 Å². The van der Waals surface area contributed by atoms with Crippen molar-refractivity contribution >= 4 is 175 Å². The first-order valence-electron chi connectivity index (χ1n) is 49.2. The van der Waals surface area contributed by atoms with Crippen LogP contribution in [0.1, 0.15) is 0 Å². The van der Waals surface area contributed by atoms with Gasteiger partial charge in [-0.1, -0.05) is 328 Å². The fraction of sp³-hybridized carbons (Fsp3) is 0. The summed E-state index contributed by atoms with van der Waals surface area (Å²) < 4.78 is 6.62. The number of benzene rings is 20. The smallest absolute Gasteiger partial charge is 0.137 e. The number of anilines is 3. The predicted molar refractivity (Wildman–Crippen MR) is 604 cm³/mol. The summed E-state index contributed by atoms with van der Waals surface area (Å²) in [6.45, 7) is 0. The molecule has 0 N–H and O–H groups in total. The van der Waals surface area contributed by atoms with Crippen molar-refractivity contribution in [3.63, 3.8) is 0 Å². The summed E-state index contributed by atoms with van der Waals surface area (Å²) >= 11 is 0. The van der Waals surface area contributed by atoms with Gasteiger partial charge in [0.05, 0.1) is 77.9 Å². The number of para-hydroxylation sites is 2. The van der Waals surface area contributed by atoms with Crippen LogP contribution >= 0.6 is 0 Å². The van der Waals surface area contributed by atoms with Crippen molar-refractivity contribution in [1.82, 2.24) is 58.1 Å². The number of rotatable bonds is 12. The standard InChI is InChI=1S/C49H33N3.2C42H25N5/c1-4-12-34(13-5-1)38-25-29-43-45(32-38)46-33-39(26-30-44(46)49-48(43)50-47-18-10-11-31-51(47)49)37-21-19-35(20-22-37)36-23-27-42(28-24-36)52(40-14-6-2-7-15-40)41-16-8-3-9-17-41;1-2-10-26(11-3-1)28-16-19-31-33(24-28)34-25-29(17-20-32(34)42-40(31)45-37-15-7-9-23-47(37)42)38-41(35-14-6-8-22-43-35)44-36-21-18-27-12-4-5-13-30(27)39(36)46-38;1-2-10-26(11-3-1)28-16-19-31-33(24-28)34-25-29(17-20-32(34)42-40(31)45-37-15-7-9-23-47(37)42)38-41(35-14-6-8-22-43-35)46-39-30-13-5-4-12-27(30)18-21-36(39)44-38/h1-33H;2*1-25H. The highest BCUT2D eigenvalue weighted by Gasteiger charge is 2.26. The van der Waals surface area contributed by atoms with Crippen molar-refractivity contribution in [2.45, 2.75) is 0 Å². The van der Waals surface area contributed by atoms with E-state index in [0.29, 0.717) is 0 Å². The van der Waals surface area contributed by atoms with Crippen LogP contribution in [0.25, 0.3) is 259 Å². The number of hydrogen-bond acceptors (Lipinski definition) is 10. The van der Waals surface area contributed by atoms with Crippen LogP contribution in [0.5, 0.6) is 0 Å². The van der Waals surface area contributed by atoms with Gasteiger partial charge in [-0.25, -0.2) is 34.9 Å². The average molecular weight is 1860 g/mol. The van der Waals surface area contributed by atoms with Gasteiger partial charge in [0.1, 0.15) is 28.3 Å². The molecule has 0 atom stereocenters. The predicted octanol–water partition coefficient (Wildman–Crippen LogP) is 33.8. The molecule has 10 aromatic heterocycles. The van der Waals surface area contributed by atoms with Crippen LogP contribution in [0, 0.1) is 0 Å². The first-order valence-corrected chi connectivity index (χ1v) is 49.2. The molecule has 13 nitrogen and oxygen atoms in total. The van der Waals surface area contributed by atoms with Crippen LogP contribution in [-0.4, -0.2) is 58.1 Å². The molecule has 10 heterocycles. The maximum absolute atomic E-state index is 5.38. The molecule has 0 aliphatic carbocycles. The third-order valence-electron chi connectivity index (χ3n) is 28.6. The summed E-state index contributed by atoms with van der Waals surface area (Å²) in [5, 5.41) is 18.3. The Kier molecular flexibility index (Phi) is 20.3. The lowest BCUT2D eigenvalue weighted by Crippen LogP contribution is -2.09. The Morgan fingerprint density at radius 3 is 0.836 bits per heavy atom. The molecule has 13 heteroatoms. The van der Waals surface area contributed by atoms with Crippen LogP contribution < -0.4 is 4.90 Å². The molecule has 0 bridgehead atoms. The molecule has 146 heavy (non-hydrogen) atoms. The quantitative estimate of drug-likeness (QED) is 0.109. The van der Waals surface area contributed by atoms with E-state index >= 15 is 0 Å². The summed E-state index contributed by atoms with van der Waals surface area (Å²) in [7, 11) is 0. The van der Waals surface area contributed by atoms with E-state index in [-0.39, 0.29) is 0 Å². The minimum Gasteiger partial charge on any atom is -0.311 e. The zero-order valence-corrected chi connectivity index (χ0v) is 78.7. The van der Waals surface area contributed by atoms with Crippen LogP contribution in [0.3, 0.4) is 0 Å². The van der Waals surface area contributed by atoms with Gasteiger partial charge < -0.3 is 4.90 Å². The SMILES string of the molecule is c1ccc(-c2ccc3c(c2)c2cc(-c4ccc(-c5ccc(N(c6ccccc6)c6ccccc6)cc5)cc4)ccc2c2c3nc3ccccn32)cc1.c1ccc(-c2ccc3c(c2)c2cc(-c4nc5c(ccc6ccccc65)nc4-c4ccccn4)ccc2c2c3nc3ccccn32)cc1.c1ccc(-c2ccc3c(c2)c2cc(-c4nc5ccc6ccccc6c5nc4-c4ccccn4)ccc2c2c3nc3ccccn32)cc1. The summed E-state index contributed by atoms with van der Waals surface area (Å²) in [4.78, 5) is 48.3. The van der Waals surface area contributed by atoms with E-state index in [1.807, 2.05) is 60.9 Å². The van der Waals surface area contributed by atoms with E-state index < -0.39 is 0 Å². The van der Waals surface area contributed by atoms with Crippen molar-refractivity contribution in [2.75, 3.05) is 4.90 Å². The largest absolute Gasteiger partial charge is 0.311 e. The van der Waals surface area contributed by atoms with Crippen molar-refractivity contribution in [2.24, 2.45) is 0 Å². The fourth-order valence-electron chi connectivity index (χ4n) is 21.7. The molecular weight excluding hydrogens is 1780 g/mol. The first kappa shape index (κ1) is 84.2. The zero-order chi connectivity index (χ0) is 96.2. The second-order valence-electron chi connectivity index (χ2n) is 37.1. The minimum absolute atomic E-state index is 0.762. The van der Waals surface area contributed by atoms with Crippen molar-refractivity contribution in [3.05, 3.63) is 504 Å². The molecule has 0 saturated carbocycles. The maximum Gasteiger partial charge on any atom is 0.137 e. The molecule has 0 radical (unpaired) electrons. The number of fused-ring (bicyclic) bond motifs is 30. The summed E-state index contributed by atoms with van der Waals surface area (Å²) in [5.74, 6) is 0. The monoisotopic (exact) mass is 1860 g/mol. The second kappa shape index (κ2) is 35.2. The van der Waals surface area contributed by atoms with Gasteiger partial charge in [0, 0.05) is 102 Å². The molecule has 0 aliphatic rings. The second-order valence-corrected chi connectivity index (χ2v) is 37.1. The molecule has 680 valence electrons. The van der Waals surface area contributed by atoms with Gasteiger partial charge in [0.25, 0.3) is 0 Å². The highest BCUT2D eigenvalue weighted by atomic mass is 15.1. The lowest BCUT2D eigenvalue weighted by molar-refractivity contribution is 1.23. The number of nitrogens with zero attached hydrogens (tertiary/aromatic N) is 13. The Morgan fingerprint density at radius 1 is 0.164 bits per heavy atom. The minimum atomic E-state index is 0.762. The Hall–Kier alpha value is -19.9. The molecule has 0 saturated heterocycles. The number of imidazole rings is 3. The van der Waals surface area contributed by atoms with Gasteiger partial charge >= 0.3 is 0 Å². The summed E-state index contributed by atoms with van der Waals surface area (Å²) in [5.41, 5.74) is 34.6. The van der Waals surface area contributed by atoms with Crippen LogP contribution in [-0.2, 0) is 0 Å². The molecule has 0 aliphatic heterocycles. The molecule has 0 fully saturated rings. The van der Waals surface area contributed by atoms with E-state index in [9.17, 15) is 0 Å². The van der Waals surface area contributed by atoms with Gasteiger partial charge in [0.15, 0.2) is 0 Å². The average Bonchev–Trinajstić information content (AvgIpc) is 1.40. The third-order valence-corrected chi connectivity index (χ3v) is 28.6. The first-order chi connectivity index (χ1) is 72.4. The molecule has 0 spiro atoms. The molecule has 0 amide bonds. The lowest BCUT2D eigenvalue weighted by atomic mass is 9.93. The van der Waals surface area contributed by atoms with Crippen molar-refractivity contribution < 1.29 is 0 Å². The Morgan fingerprint density at radius 2 is 0.445 bits per heavy atom. The highest BCUT2D eigenvalue weighted by molar-refractivity contribution is 6.28. The normalized spacial score (nSPS) is 11.7. The molecule has 0 unspecified atom stereocenters. The van der Waals surface area contributed by atoms with Crippen molar-refractivity contribution in [3.8, 4) is 101 Å². The Bertz CT molecular complexity index is 10400. The summed E-state index contributed by atoms with van der Waals surface area (Å²) in [6.07, 6.45) is 9.94. The number of hydrogen-bond donors (Lipinski definition) is 0. The Balaban J connectivity index is 0.000000106. The van der Waals surface area contributed by atoms with E-state index in [4.69, 9.17) is 44.9 Å². The van der Waals surface area contributed by atoms with E-state index in [2.05, 4.69) is 461 Å². The van der Waals surface area contributed by atoms with Gasteiger partial charge in [-0.3, -0.25) is 23.2 Å². The Labute approximate surface area is 837 Å². The third kappa shape index (κ3) is 14.6. The number of pyridine rings is 5. The van der Waals surface area contributed by atoms with Gasteiger partial charge in [0.2, 0.25) is 0 Å². The fourth-order valence-corrected chi connectivity index (χ4v) is 21.7. The van der Waals surface area contributed by atoms with E-state index in [0.717, 1.165) is 199 Å². The van der Waals surface area contributed by atoms with Crippen LogP contribution in [0.4, 0.5) is 17.1 Å². The molecule has 30 aromatic rings. The zero-order valence-electron chi connectivity index (χ0n) is 78.7. The van der Waals surface area contributed by atoms with Gasteiger partial charge in [-0.2, -0.15) is 0 Å². The van der Waals surface area contributed by atoms with Crippen LogP contribution in [0.2, 0.25) is 0 Å². The lowest BCUT2D eigenvalue weighted by Gasteiger charge is -2.25. The molecular formula is C133H83N13. The topological polar surface area (TPSA) is 132 Å². The molecule has 30 rings (SSSR count). The van der Waals surface area contributed by atoms with Crippen molar-refractivity contribution in [1.29, 1.82) is 0 Å². The maximum atomic E-state index is 5.38. The molecule has 20 aromatic carbocycles. The van der Waals surface area contributed by atoms with E-state index in [1.54, 1.807) is 0 Å². The highest BCUT2D eigenvalue weighted by Crippen LogP contribution is 2.47. The number of aromatic nitrogens is 12. The van der Waals surface area contributed by atoms with Gasteiger partial charge in [-0.05, 0) is 244 Å². The van der Waals surface area contributed by atoms with Gasteiger partial charge in [-0.15, -0.1) is 0 Å². The van der Waals surface area contributed by atoms with E-state index in [1.165, 1.54) is 77.2 Å². The summed E-state index contributed by atoms with van der Waals surface area (Å²) in [6, 6.07) is 167.